The van der Waals surface area contributed by atoms with Crippen molar-refractivity contribution in [3.63, 3.8) is 0 Å². The fourth-order valence-electron chi connectivity index (χ4n) is 1.74. The van der Waals surface area contributed by atoms with E-state index in [1.54, 1.807) is 25.3 Å². The molecular formula is C15H14ClNO2S. The zero-order valence-corrected chi connectivity index (χ0v) is 12.5. The maximum atomic E-state index is 5.97. The van der Waals surface area contributed by atoms with Crippen LogP contribution >= 0.6 is 23.8 Å². The maximum absolute atomic E-state index is 5.97. The Kier molecular flexibility index (Phi) is 4.82. The third-order valence-corrected chi connectivity index (χ3v) is 3.19. The van der Waals surface area contributed by atoms with E-state index in [0.717, 1.165) is 11.3 Å². The van der Waals surface area contributed by atoms with Crippen LogP contribution in [0.5, 0.6) is 11.5 Å². The first-order chi connectivity index (χ1) is 9.60. The molecule has 0 heterocycles. The second-order valence-electron chi connectivity index (χ2n) is 4.14. The molecule has 2 aromatic carbocycles. The van der Waals surface area contributed by atoms with Crippen molar-refractivity contribution in [2.45, 2.75) is 6.61 Å². The highest BCUT2D eigenvalue weighted by molar-refractivity contribution is 7.80. The average Bonchev–Trinajstić information content (AvgIpc) is 2.45. The van der Waals surface area contributed by atoms with Crippen molar-refractivity contribution in [1.82, 2.24) is 0 Å². The third kappa shape index (κ3) is 3.62. The second-order valence-corrected chi connectivity index (χ2v) is 5.02. The molecule has 2 aromatic rings. The van der Waals surface area contributed by atoms with Gasteiger partial charge in [0.05, 0.1) is 12.7 Å². The summed E-state index contributed by atoms with van der Waals surface area (Å²) >= 11 is 11.0. The summed E-state index contributed by atoms with van der Waals surface area (Å²) in [5, 5.41) is 0.575. The largest absolute Gasteiger partial charge is 0.497 e. The van der Waals surface area contributed by atoms with Crippen molar-refractivity contribution in [2.24, 2.45) is 5.73 Å². The van der Waals surface area contributed by atoms with Crippen LogP contribution in [0.15, 0.2) is 42.5 Å². The summed E-state index contributed by atoms with van der Waals surface area (Å²) in [5.41, 5.74) is 7.33. The molecule has 0 radical (unpaired) electrons. The monoisotopic (exact) mass is 307 g/mol. The van der Waals surface area contributed by atoms with Crippen LogP contribution < -0.4 is 15.2 Å². The number of halogens is 1. The van der Waals surface area contributed by atoms with Gasteiger partial charge in [-0.15, -0.1) is 0 Å². The lowest BCUT2D eigenvalue weighted by atomic mass is 10.2. The number of methoxy groups -OCH3 is 1. The molecule has 0 fully saturated rings. The summed E-state index contributed by atoms with van der Waals surface area (Å²) < 4.78 is 10.9. The lowest BCUT2D eigenvalue weighted by Crippen LogP contribution is -2.11. The quantitative estimate of drug-likeness (QED) is 0.858. The molecule has 0 unspecified atom stereocenters. The predicted octanol–water partition coefficient (Wildman–Crippen LogP) is 3.56. The van der Waals surface area contributed by atoms with Gasteiger partial charge in [0.2, 0.25) is 0 Å². The molecule has 0 aliphatic heterocycles. The number of hydrogen-bond acceptors (Lipinski definition) is 3. The summed E-state index contributed by atoms with van der Waals surface area (Å²) in [6, 6.07) is 12.8. The maximum Gasteiger partial charge on any atom is 0.131 e. The zero-order valence-electron chi connectivity index (χ0n) is 10.9. The normalized spacial score (nSPS) is 10.1. The molecule has 0 saturated carbocycles. The van der Waals surface area contributed by atoms with Gasteiger partial charge in [0.25, 0.3) is 0 Å². The Morgan fingerprint density at radius 3 is 2.75 bits per heavy atom. The van der Waals surface area contributed by atoms with Crippen LogP contribution in [0.1, 0.15) is 11.1 Å². The van der Waals surface area contributed by atoms with E-state index in [1.807, 2.05) is 24.3 Å². The first-order valence-electron chi connectivity index (χ1n) is 5.95. The summed E-state index contributed by atoms with van der Waals surface area (Å²) in [7, 11) is 1.63. The second kappa shape index (κ2) is 6.59. The summed E-state index contributed by atoms with van der Waals surface area (Å²) in [4.78, 5) is 0.280. The van der Waals surface area contributed by atoms with Gasteiger partial charge in [-0.05, 0) is 35.9 Å². The molecule has 0 saturated heterocycles. The van der Waals surface area contributed by atoms with Crippen molar-refractivity contribution >= 4 is 28.8 Å². The van der Waals surface area contributed by atoms with Crippen molar-refractivity contribution in [3.05, 3.63) is 58.6 Å². The van der Waals surface area contributed by atoms with Gasteiger partial charge in [0.1, 0.15) is 23.1 Å². The minimum atomic E-state index is 0.280. The molecule has 0 bridgehead atoms. The molecule has 104 valence electrons. The molecule has 0 amide bonds. The molecule has 2 N–H and O–H groups in total. The molecule has 0 aliphatic rings. The first kappa shape index (κ1) is 14.6. The SMILES string of the molecule is COc1cccc(COc2cc(Cl)ccc2C(N)=S)c1. The van der Waals surface area contributed by atoms with Crippen LogP contribution in [-0.2, 0) is 6.61 Å². The zero-order chi connectivity index (χ0) is 14.5. The molecule has 0 atom stereocenters. The Hall–Kier alpha value is -1.78. The van der Waals surface area contributed by atoms with Crippen LogP contribution in [0, 0.1) is 0 Å². The summed E-state index contributed by atoms with van der Waals surface area (Å²) in [6.45, 7) is 0.382. The Balaban J connectivity index is 2.17. The number of thiocarbonyl (C=S) groups is 1. The fraction of sp³-hybridized carbons (Fsp3) is 0.133. The minimum Gasteiger partial charge on any atom is -0.497 e. The highest BCUT2D eigenvalue weighted by Crippen LogP contribution is 2.25. The first-order valence-corrected chi connectivity index (χ1v) is 6.74. The van der Waals surface area contributed by atoms with Crippen LogP contribution in [0.25, 0.3) is 0 Å². The van der Waals surface area contributed by atoms with Crippen molar-refractivity contribution < 1.29 is 9.47 Å². The van der Waals surface area contributed by atoms with Crippen LogP contribution in [0.3, 0.4) is 0 Å². The lowest BCUT2D eigenvalue weighted by molar-refractivity contribution is 0.304. The Morgan fingerprint density at radius 2 is 2.05 bits per heavy atom. The number of ether oxygens (including phenoxy) is 2. The van der Waals surface area contributed by atoms with E-state index in [-0.39, 0.29) is 4.99 Å². The van der Waals surface area contributed by atoms with E-state index in [1.165, 1.54) is 0 Å². The number of benzene rings is 2. The Labute approximate surface area is 128 Å². The van der Waals surface area contributed by atoms with Crippen LogP contribution in [0.4, 0.5) is 0 Å². The summed E-state index contributed by atoms with van der Waals surface area (Å²) in [6.07, 6.45) is 0. The predicted molar refractivity (Wildman–Crippen MR) is 84.7 cm³/mol. The van der Waals surface area contributed by atoms with E-state index in [2.05, 4.69) is 0 Å². The van der Waals surface area contributed by atoms with Gasteiger partial charge >= 0.3 is 0 Å². The highest BCUT2D eigenvalue weighted by Gasteiger charge is 2.08. The van der Waals surface area contributed by atoms with Crippen LogP contribution in [0.2, 0.25) is 5.02 Å². The number of rotatable bonds is 5. The van der Waals surface area contributed by atoms with Crippen molar-refractivity contribution in [1.29, 1.82) is 0 Å². The average molecular weight is 308 g/mol. The summed E-state index contributed by atoms with van der Waals surface area (Å²) in [5.74, 6) is 1.36. The molecule has 0 aliphatic carbocycles. The molecule has 0 spiro atoms. The topological polar surface area (TPSA) is 44.5 Å². The van der Waals surface area contributed by atoms with Crippen molar-refractivity contribution in [3.8, 4) is 11.5 Å². The Bertz CT molecular complexity index is 631. The van der Waals surface area contributed by atoms with Gasteiger partial charge in [0.15, 0.2) is 0 Å². The van der Waals surface area contributed by atoms with Crippen molar-refractivity contribution in [2.75, 3.05) is 7.11 Å². The molecular weight excluding hydrogens is 294 g/mol. The van der Waals surface area contributed by atoms with E-state index >= 15 is 0 Å². The molecule has 2 rings (SSSR count). The van der Waals surface area contributed by atoms with Gasteiger partial charge in [-0.3, -0.25) is 0 Å². The Morgan fingerprint density at radius 1 is 1.25 bits per heavy atom. The molecule has 3 nitrogen and oxygen atoms in total. The minimum absolute atomic E-state index is 0.280. The standard InChI is InChI=1S/C15H14ClNO2S/c1-18-12-4-2-3-10(7-12)9-19-14-8-11(16)5-6-13(14)15(17)20/h2-8H,9H2,1H3,(H2,17,20). The van der Waals surface area contributed by atoms with Gasteiger partial charge in [-0.2, -0.15) is 0 Å². The third-order valence-electron chi connectivity index (χ3n) is 2.74. The van der Waals surface area contributed by atoms with Gasteiger partial charge in [-0.1, -0.05) is 36.0 Å². The van der Waals surface area contributed by atoms with Gasteiger partial charge in [0, 0.05) is 5.02 Å². The number of nitrogens with two attached hydrogens (primary N) is 1. The molecule has 0 aromatic heterocycles. The fourth-order valence-corrected chi connectivity index (χ4v) is 2.07. The van der Waals surface area contributed by atoms with E-state index < -0.39 is 0 Å². The van der Waals surface area contributed by atoms with E-state index in [4.69, 9.17) is 39.0 Å². The number of hydrogen-bond donors (Lipinski definition) is 1. The van der Waals surface area contributed by atoms with Gasteiger partial charge < -0.3 is 15.2 Å². The van der Waals surface area contributed by atoms with E-state index in [9.17, 15) is 0 Å². The van der Waals surface area contributed by atoms with Gasteiger partial charge in [-0.25, -0.2) is 0 Å². The van der Waals surface area contributed by atoms with E-state index in [0.29, 0.717) is 22.9 Å². The van der Waals surface area contributed by atoms with Crippen LogP contribution in [-0.4, -0.2) is 12.1 Å². The lowest BCUT2D eigenvalue weighted by Gasteiger charge is -2.11. The smallest absolute Gasteiger partial charge is 0.131 e. The molecule has 20 heavy (non-hydrogen) atoms. The molecule has 5 heteroatoms. The highest BCUT2D eigenvalue weighted by atomic mass is 35.5.